The molecule has 0 aromatic rings. The van der Waals surface area contributed by atoms with Crippen molar-refractivity contribution in [3.63, 3.8) is 0 Å². The lowest BCUT2D eigenvalue weighted by atomic mass is 9.75. The molecule has 1 saturated carbocycles. The summed E-state index contributed by atoms with van der Waals surface area (Å²) in [5, 5.41) is 4.24. The zero-order chi connectivity index (χ0) is 11.3. The lowest BCUT2D eigenvalue weighted by Gasteiger charge is -2.31. The molecule has 3 atom stereocenters. The van der Waals surface area contributed by atoms with Crippen LogP contribution >= 0.6 is 11.6 Å². The van der Waals surface area contributed by atoms with Gasteiger partial charge in [0.25, 0.3) is 0 Å². The van der Waals surface area contributed by atoms with E-state index in [1.165, 1.54) is 18.6 Å². The highest BCUT2D eigenvalue weighted by atomic mass is 35.5. The molecule has 0 saturated heterocycles. The molecule has 2 nitrogen and oxygen atoms in total. The number of rotatable bonds is 4. The smallest absolute Gasteiger partial charge is 0.114 e. The second-order valence-electron chi connectivity index (χ2n) is 4.62. The SMILES string of the molecule is CCO/N=C1\CCC(C)CC1[C@@H](C)CCl. The van der Waals surface area contributed by atoms with Crippen LogP contribution in [0, 0.1) is 17.8 Å². The van der Waals surface area contributed by atoms with Crippen molar-refractivity contribution in [2.45, 2.75) is 40.0 Å². The van der Waals surface area contributed by atoms with Crippen LogP contribution in [-0.2, 0) is 4.84 Å². The zero-order valence-electron chi connectivity index (χ0n) is 10.0. The minimum absolute atomic E-state index is 0.508. The van der Waals surface area contributed by atoms with Crippen molar-refractivity contribution >= 4 is 17.3 Å². The van der Waals surface area contributed by atoms with Gasteiger partial charge in [0, 0.05) is 11.8 Å². The molecule has 2 unspecified atom stereocenters. The van der Waals surface area contributed by atoms with E-state index in [1.807, 2.05) is 6.92 Å². The fraction of sp³-hybridized carbons (Fsp3) is 0.917. The fourth-order valence-electron chi connectivity index (χ4n) is 2.20. The van der Waals surface area contributed by atoms with Gasteiger partial charge in [-0.05, 0) is 38.0 Å². The summed E-state index contributed by atoms with van der Waals surface area (Å²) in [5.74, 6) is 2.54. The first kappa shape index (κ1) is 12.8. The van der Waals surface area contributed by atoms with E-state index < -0.39 is 0 Å². The van der Waals surface area contributed by atoms with Crippen LogP contribution in [0.25, 0.3) is 0 Å². The monoisotopic (exact) mass is 231 g/mol. The Morgan fingerprint density at radius 3 is 2.93 bits per heavy atom. The van der Waals surface area contributed by atoms with Gasteiger partial charge in [-0.3, -0.25) is 0 Å². The molecule has 0 aliphatic heterocycles. The van der Waals surface area contributed by atoms with E-state index in [0.717, 1.165) is 12.3 Å². The molecule has 3 heteroatoms. The maximum absolute atomic E-state index is 5.94. The van der Waals surface area contributed by atoms with Crippen LogP contribution in [0.1, 0.15) is 40.0 Å². The van der Waals surface area contributed by atoms with E-state index in [9.17, 15) is 0 Å². The molecule has 0 N–H and O–H groups in total. The van der Waals surface area contributed by atoms with E-state index in [-0.39, 0.29) is 0 Å². The standard InChI is InChI=1S/C12H22ClNO/c1-4-15-14-12-6-5-9(2)7-11(12)10(3)8-13/h9-11H,4-8H2,1-3H3/b14-12+/t9?,10-,11?/m0/s1. The summed E-state index contributed by atoms with van der Waals surface area (Å²) in [5.41, 5.74) is 1.23. The summed E-state index contributed by atoms with van der Waals surface area (Å²) in [6.07, 6.45) is 3.52. The Labute approximate surface area is 98.0 Å². The number of halogens is 1. The quantitative estimate of drug-likeness (QED) is 0.534. The maximum atomic E-state index is 5.94. The molecular weight excluding hydrogens is 210 g/mol. The van der Waals surface area contributed by atoms with E-state index in [1.54, 1.807) is 0 Å². The average Bonchev–Trinajstić information content (AvgIpc) is 2.26. The van der Waals surface area contributed by atoms with Crippen LogP contribution in [-0.4, -0.2) is 18.2 Å². The van der Waals surface area contributed by atoms with Crippen molar-refractivity contribution in [1.82, 2.24) is 0 Å². The minimum atomic E-state index is 0.508. The highest BCUT2D eigenvalue weighted by Crippen LogP contribution is 2.32. The van der Waals surface area contributed by atoms with Crippen molar-refractivity contribution in [3.8, 4) is 0 Å². The Morgan fingerprint density at radius 1 is 1.60 bits per heavy atom. The van der Waals surface area contributed by atoms with Gasteiger partial charge < -0.3 is 4.84 Å². The van der Waals surface area contributed by atoms with Crippen molar-refractivity contribution in [2.75, 3.05) is 12.5 Å². The average molecular weight is 232 g/mol. The van der Waals surface area contributed by atoms with Gasteiger partial charge in [0.2, 0.25) is 0 Å². The van der Waals surface area contributed by atoms with Gasteiger partial charge >= 0.3 is 0 Å². The third-order valence-electron chi connectivity index (χ3n) is 3.22. The predicted octanol–water partition coefficient (Wildman–Crippen LogP) is 3.69. The lowest BCUT2D eigenvalue weighted by molar-refractivity contribution is 0.152. The molecule has 0 aromatic heterocycles. The van der Waals surface area contributed by atoms with Crippen LogP contribution in [0.4, 0.5) is 0 Å². The number of oxime groups is 1. The topological polar surface area (TPSA) is 21.6 Å². The Bertz CT molecular complexity index is 218. The summed E-state index contributed by atoms with van der Waals surface area (Å²) in [4.78, 5) is 5.18. The third kappa shape index (κ3) is 3.67. The van der Waals surface area contributed by atoms with Gasteiger partial charge in [-0.15, -0.1) is 11.6 Å². The maximum Gasteiger partial charge on any atom is 0.114 e. The highest BCUT2D eigenvalue weighted by Gasteiger charge is 2.29. The molecule has 15 heavy (non-hydrogen) atoms. The van der Waals surface area contributed by atoms with E-state index in [2.05, 4.69) is 19.0 Å². The number of hydrogen-bond donors (Lipinski definition) is 0. The van der Waals surface area contributed by atoms with Crippen molar-refractivity contribution < 1.29 is 4.84 Å². The van der Waals surface area contributed by atoms with Crippen molar-refractivity contribution in [3.05, 3.63) is 0 Å². The van der Waals surface area contributed by atoms with E-state index in [4.69, 9.17) is 16.4 Å². The van der Waals surface area contributed by atoms with Crippen LogP contribution < -0.4 is 0 Å². The molecular formula is C12H22ClNO. The highest BCUT2D eigenvalue weighted by molar-refractivity contribution is 6.18. The summed E-state index contributed by atoms with van der Waals surface area (Å²) in [7, 11) is 0. The second kappa shape index (κ2) is 6.37. The third-order valence-corrected chi connectivity index (χ3v) is 3.71. The number of hydrogen-bond acceptors (Lipinski definition) is 2. The Balaban J connectivity index is 2.65. The Morgan fingerprint density at radius 2 is 2.33 bits per heavy atom. The molecule has 0 amide bonds. The van der Waals surface area contributed by atoms with E-state index in [0.29, 0.717) is 24.3 Å². The van der Waals surface area contributed by atoms with Gasteiger partial charge in [0.1, 0.15) is 6.61 Å². The normalized spacial score (nSPS) is 31.6. The van der Waals surface area contributed by atoms with Gasteiger partial charge in [0.15, 0.2) is 0 Å². The molecule has 0 radical (unpaired) electrons. The minimum Gasteiger partial charge on any atom is -0.396 e. The summed E-state index contributed by atoms with van der Waals surface area (Å²) in [6, 6.07) is 0. The summed E-state index contributed by atoms with van der Waals surface area (Å²) < 4.78 is 0. The number of nitrogens with zero attached hydrogens (tertiary/aromatic N) is 1. The van der Waals surface area contributed by atoms with Crippen molar-refractivity contribution in [1.29, 1.82) is 0 Å². The van der Waals surface area contributed by atoms with Gasteiger partial charge in [0.05, 0.1) is 5.71 Å². The van der Waals surface area contributed by atoms with Gasteiger partial charge in [-0.25, -0.2) is 0 Å². The first-order valence-electron chi connectivity index (χ1n) is 5.93. The summed E-state index contributed by atoms with van der Waals surface area (Å²) in [6.45, 7) is 7.14. The van der Waals surface area contributed by atoms with Crippen LogP contribution in [0.2, 0.25) is 0 Å². The molecule has 88 valence electrons. The molecule has 1 fully saturated rings. The first-order chi connectivity index (χ1) is 7.19. The number of alkyl halides is 1. The molecule has 1 aliphatic rings. The Kier molecular flexibility index (Phi) is 5.44. The lowest BCUT2D eigenvalue weighted by Crippen LogP contribution is -2.30. The second-order valence-corrected chi connectivity index (χ2v) is 4.93. The molecule has 0 heterocycles. The first-order valence-corrected chi connectivity index (χ1v) is 6.47. The Hall–Kier alpha value is -0.240. The molecule has 1 aliphatic carbocycles. The van der Waals surface area contributed by atoms with E-state index >= 15 is 0 Å². The molecule has 0 bridgehead atoms. The molecule has 0 spiro atoms. The van der Waals surface area contributed by atoms with Gasteiger partial charge in [-0.1, -0.05) is 19.0 Å². The fourth-order valence-corrected chi connectivity index (χ4v) is 2.41. The molecule has 1 rings (SSSR count). The zero-order valence-corrected chi connectivity index (χ0v) is 10.8. The van der Waals surface area contributed by atoms with Crippen LogP contribution in [0.3, 0.4) is 0 Å². The molecule has 0 aromatic carbocycles. The van der Waals surface area contributed by atoms with Crippen molar-refractivity contribution in [2.24, 2.45) is 22.9 Å². The summed E-state index contributed by atoms with van der Waals surface area (Å²) >= 11 is 5.94. The van der Waals surface area contributed by atoms with Gasteiger partial charge in [-0.2, -0.15) is 0 Å². The largest absolute Gasteiger partial charge is 0.396 e. The van der Waals surface area contributed by atoms with Crippen LogP contribution in [0.15, 0.2) is 5.16 Å². The predicted molar refractivity (Wildman–Crippen MR) is 65.5 cm³/mol. The van der Waals surface area contributed by atoms with Crippen LogP contribution in [0.5, 0.6) is 0 Å².